The molecule has 1 amide bonds. The van der Waals surface area contributed by atoms with Crippen molar-refractivity contribution in [2.75, 3.05) is 18.1 Å². The van der Waals surface area contributed by atoms with Gasteiger partial charge < -0.3 is 10.0 Å². The van der Waals surface area contributed by atoms with Crippen LogP contribution in [0.4, 0.5) is 0 Å². The number of fused-ring (bicyclic) bond motifs is 1. The maximum Gasteiger partial charge on any atom is 0.255 e. The molecule has 0 aromatic heterocycles. The summed E-state index contributed by atoms with van der Waals surface area (Å²) in [6, 6.07) is 6.62. The van der Waals surface area contributed by atoms with Gasteiger partial charge >= 0.3 is 0 Å². The molecule has 2 aliphatic heterocycles. The van der Waals surface area contributed by atoms with Crippen LogP contribution in [0.25, 0.3) is 0 Å². The van der Waals surface area contributed by atoms with Crippen LogP contribution in [-0.2, 0) is 23.2 Å². The van der Waals surface area contributed by atoms with E-state index in [0.29, 0.717) is 25.3 Å². The highest BCUT2D eigenvalue weighted by Crippen LogP contribution is 2.32. The van der Waals surface area contributed by atoms with Crippen molar-refractivity contribution in [3.05, 3.63) is 34.9 Å². The fraction of sp³-hybridized carbons (Fsp3) is 0.611. The van der Waals surface area contributed by atoms with Crippen LogP contribution in [0, 0.1) is 0 Å². The van der Waals surface area contributed by atoms with Crippen molar-refractivity contribution in [1.82, 2.24) is 4.90 Å². The highest BCUT2D eigenvalue weighted by atomic mass is 32.2. The Morgan fingerprint density at radius 3 is 2.73 bits per heavy atom. The molecule has 1 aromatic carbocycles. The number of carbonyl (C=O) groups is 1. The minimum absolute atomic E-state index is 0.0805. The molecular formula is C18H25NO2S. The topological polar surface area (TPSA) is 40.5 Å². The summed E-state index contributed by atoms with van der Waals surface area (Å²) >= 11 is 1.67. The molecule has 1 aromatic rings. The molecule has 0 saturated carbocycles. The van der Waals surface area contributed by atoms with E-state index in [1.54, 1.807) is 11.8 Å². The highest BCUT2D eigenvalue weighted by Gasteiger charge is 2.42. The van der Waals surface area contributed by atoms with Crippen LogP contribution in [-0.4, -0.2) is 39.6 Å². The molecule has 1 atom stereocenters. The summed E-state index contributed by atoms with van der Waals surface area (Å²) in [5.74, 6) is 1.34. The molecule has 1 fully saturated rings. The quantitative estimate of drug-likeness (QED) is 0.865. The molecule has 1 N–H and O–H groups in total. The molecular weight excluding hydrogens is 294 g/mol. The summed E-state index contributed by atoms with van der Waals surface area (Å²) in [6.45, 7) is 8.01. The molecule has 2 heterocycles. The highest BCUT2D eigenvalue weighted by molar-refractivity contribution is 7.99. The average molecular weight is 319 g/mol. The van der Waals surface area contributed by atoms with Gasteiger partial charge in [0.2, 0.25) is 0 Å². The molecule has 1 unspecified atom stereocenters. The molecule has 0 bridgehead atoms. The van der Waals surface area contributed by atoms with Crippen LogP contribution in [0.5, 0.6) is 0 Å². The van der Waals surface area contributed by atoms with Gasteiger partial charge in [0, 0.05) is 18.8 Å². The number of hydrogen-bond acceptors (Lipinski definition) is 3. The summed E-state index contributed by atoms with van der Waals surface area (Å²) < 4.78 is 0. The van der Waals surface area contributed by atoms with E-state index >= 15 is 0 Å². The summed E-state index contributed by atoms with van der Waals surface area (Å²) in [5.41, 5.74) is 2.94. The first-order valence-corrected chi connectivity index (χ1v) is 9.17. The summed E-state index contributed by atoms with van der Waals surface area (Å²) in [5, 5.41) is 10.5. The van der Waals surface area contributed by atoms with E-state index in [1.807, 2.05) is 4.90 Å². The molecule has 0 spiro atoms. The Hall–Kier alpha value is -1.000. The SMILES string of the molecule is CC(C)(C)c1ccc2c(c1)CCN(C(=O)C1(O)CCSC1)C2. The largest absolute Gasteiger partial charge is 0.379 e. The van der Waals surface area contributed by atoms with E-state index in [-0.39, 0.29) is 11.3 Å². The van der Waals surface area contributed by atoms with Crippen molar-refractivity contribution < 1.29 is 9.90 Å². The van der Waals surface area contributed by atoms with E-state index in [9.17, 15) is 9.90 Å². The second kappa shape index (κ2) is 5.57. The molecule has 1 saturated heterocycles. The van der Waals surface area contributed by atoms with Crippen LogP contribution in [0.1, 0.15) is 43.9 Å². The zero-order valence-electron chi connectivity index (χ0n) is 13.7. The van der Waals surface area contributed by atoms with Crippen molar-refractivity contribution in [1.29, 1.82) is 0 Å². The molecule has 22 heavy (non-hydrogen) atoms. The van der Waals surface area contributed by atoms with E-state index < -0.39 is 5.60 Å². The first-order valence-electron chi connectivity index (χ1n) is 8.01. The maximum atomic E-state index is 12.6. The minimum atomic E-state index is -1.13. The van der Waals surface area contributed by atoms with Crippen LogP contribution >= 0.6 is 11.8 Å². The Morgan fingerprint density at radius 2 is 2.09 bits per heavy atom. The standard InChI is InChI=1S/C18H25NO2S/c1-17(2,3)15-5-4-14-11-19(8-6-13(14)10-15)16(20)18(21)7-9-22-12-18/h4-5,10,21H,6-9,11-12H2,1-3H3. The molecule has 3 nitrogen and oxygen atoms in total. The number of carbonyl (C=O) groups excluding carboxylic acids is 1. The van der Waals surface area contributed by atoms with Crippen molar-refractivity contribution >= 4 is 17.7 Å². The van der Waals surface area contributed by atoms with Crippen LogP contribution in [0.2, 0.25) is 0 Å². The van der Waals surface area contributed by atoms with E-state index in [0.717, 1.165) is 12.2 Å². The predicted molar refractivity (Wildman–Crippen MR) is 91.2 cm³/mol. The summed E-state index contributed by atoms with van der Waals surface area (Å²) in [4.78, 5) is 14.5. The van der Waals surface area contributed by atoms with Gasteiger partial charge in [-0.15, -0.1) is 0 Å². The van der Waals surface area contributed by atoms with Gasteiger partial charge in [-0.2, -0.15) is 11.8 Å². The molecule has 0 aliphatic carbocycles. The zero-order valence-corrected chi connectivity index (χ0v) is 14.5. The van der Waals surface area contributed by atoms with Crippen molar-refractivity contribution in [2.45, 2.75) is 51.2 Å². The predicted octanol–water partition coefficient (Wildman–Crippen LogP) is 2.74. The van der Waals surface area contributed by atoms with Gasteiger partial charge in [0.1, 0.15) is 0 Å². The van der Waals surface area contributed by atoms with E-state index in [2.05, 4.69) is 39.0 Å². The van der Waals surface area contributed by atoms with E-state index in [1.165, 1.54) is 16.7 Å². The zero-order chi connectivity index (χ0) is 16.0. The van der Waals surface area contributed by atoms with E-state index in [4.69, 9.17) is 0 Å². The number of rotatable bonds is 1. The third-order valence-electron chi connectivity index (χ3n) is 4.77. The van der Waals surface area contributed by atoms with Gasteiger partial charge in [-0.25, -0.2) is 0 Å². The second-order valence-electron chi connectivity index (χ2n) is 7.54. The molecule has 0 radical (unpaired) electrons. The Kier molecular flexibility index (Phi) is 4.02. The van der Waals surface area contributed by atoms with Gasteiger partial charge in [-0.1, -0.05) is 39.0 Å². The Bertz CT molecular complexity index is 585. The van der Waals surface area contributed by atoms with Gasteiger partial charge in [0.15, 0.2) is 5.60 Å². The summed E-state index contributed by atoms with van der Waals surface area (Å²) in [7, 11) is 0. The number of hydrogen-bond donors (Lipinski definition) is 1. The third kappa shape index (κ3) is 2.91. The summed E-state index contributed by atoms with van der Waals surface area (Å²) in [6.07, 6.45) is 1.47. The minimum Gasteiger partial charge on any atom is -0.379 e. The fourth-order valence-electron chi connectivity index (χ4n) is 3.21. The third-order valence-corrected chi connectivity index (χ3v) is 5.95. The lowest BCUT2D eigenvalue weighted by Crippen LogP contribution is -2.50. The van der Waals surface area contributed by atoms with Crippen molar-refractivity contribution in [2.24, 2.45) is 0 Å². The monoisotopic (exact) mass is 319 g/mol. The first-order chi connectivity index (χ1) is 10.3. The Labute approximate surface area is 137 Å². The number of amides is 1. The average Bonchev–Trinajstić information content (AvgIpc) is 2.92. The smallest absolute Gasteiger partial charge is 0.255 e. The molecule has 2 aliphatic rings. The normalized spacial score (nSPS) is 25.2. The lowest BCUT2D eigenvalue weighted by molar-refractivity contribution is -0.149. The van der Waals surface area contributed by atoms with Crippen molar-refractivity contribution in [3.63, 3.8) is 0 Å². The molecule has 4 heteroatoms. The van der Waals surface area contributed by atoms with Gasteiger partial charge in [0.25, 0.3) is 5.91 Å². The number of benzene rings is 1. The van der Waals surface area contributed by atoms with Crippen LogP contribution in [0.15, 0.2) is 18.2 Å². The van der Waals surface area contributed by atoms with Gasteiger partial charge in [0.05, 0.1) is 0 Å². The fourth-order valence-corrected chi connectivity index (χ4v) is 4.44. The lowest BCUT2D eigenvalue weighted by atomic mass is 9.84. The maximum absolute atomic E-state index is 12.6. The van der Waals surface area contributed by atoms with Crippen LogP contribution < -0.4 is 0 Å². The lowest BCUT2D eigenvalue weighted by Gasteiger charge is -2.34. The van der Waals surface area contributed by atoms with Crippen LogP contribution in [0.3, 0.4) is 0 Å². The Morgan fingerprint density at radius 1 is 1.32 bits per heavy atom. The first kappa shape index (κ1) is 15.9. The van der Waals surface area contributed by atoms with Gasteiger partial charge in [-0.3, -0.25) is 4.79 Å². The molecule has 3 rings (SSSR count). The Balaban J connectivity index is 1.78. The van der Waals surface area contributed by atoms with Gasteiger partial charge in [-0.05, 0) is 40.7 Å². The number of thioether (sulfide) groups is 1. The second-order valence-corrected chi connectivity index (χ2v) is 8.65. The van der Waals surface area contributed by atoms with Crippen molar-refractivity contribution in [3.8, 4) is 0 Å². The molecule has 120 valence electrons. The number of aliphatic hydroxyl groups is 1. The number of nitrogens with zero attached hydrogens (tertiary/aromatic N) is 1.